The summed E-state index contributed by atoms with van der Waals surface area (Å²) < 4.78 is 5.92. The second-order valence-electron chi connectivity index (χ2n) is 5.70. The van der Waals surface area contributed by atoms with E-state index in [4.69, 9.17) is 4.74 Å². The van der Waals surface area contributed by atoms with Crippen molar-refractivity contribution >= 4 is 0 Å². The average molecular weight is 283 g/mol. The van der Waals surface area contributed by atoms with E-state index in [1.54, 1.807) is 0 Å². The Bertz CT molecular complexity index is 554. The number of nitrogens with one attached hydrogen (secondary N) is 1. The minimum atomic E-state index is 0.492. The summed E-state index contributed by atoms with van der Waals surface area (Å²) in [5, 5.41) is 3.26. The van der Waals surface area contributed by atoms with E-state index in [1.165, 1.54) is 22.3 Å². The van der Waals surface area contributed by atoms with Crippen molar-refractivity contribution in [2.24, 2.45) is 0 Å². The Morgan fingerprint density at radius 1 is 1.00 bits per heavy atom. The van der Waals surface area contributed by atoms with Crippen molar-refractivity contribution in [1.29, 1.82) is 0 Å². The Labute approximate surface area is 128 Å². The topological polar surface area (TPSA) is 21.3 Å². The van der Waals surface area contributed by atoms with Gasteiger partial charge >= 0.3 is 0 Å². The molecule has 1 unspecified atom stereocenters. The first-order valence-electron chi connectivity index (χ1n) is 7.54. The van der Waals surface area contributed by atoms with Gasteiger partial charge in [0.2, 0.25) is 0 Å². The van der Waals surface area contributed by atoms with Crippen LogP contribution in [0, 0.1) is 13.8 Å². The molecule has 0 heterocycles. The zero-order chi connectivity index (χ0) is 15.2. The lowest BCUT2D eigenvalue weighted by atomic mass is 10.0. The first kappa shape index (κ1) is 15.6. The van der Waals surface area contributed by atoms with Crippen molar-refractivity contribution in [2.75, 3.05) is 7.05 Å². The van der Waals surface area contributed by atoms with Crippen LogP contribution in [0.3, 0.4) is 0 Å². The molecule has 1 atom stereocenters. The molecule has 2 rings (SSSR count). The summed E-state index contributed by atoms with van der Waals surface area (Å²) in [5.41, 5.74) is 5.19. The second-order valence-corrected chi connectivity index (χ2v) is 5.70. The van der Waals surface area contributed by atoms with E-state index in [0.717, 1.165) is 12.2 Å². The molecule has 2 heteroatoms. The molecule has 112 valence electrons. The summed E-state index contributed by atoms with van der Waals surface area (Å²) in [6.45, 7) is 7.08. The van der Waals surface area contributed by atoms with E-state index >= 15 is 0 Å². The molecule has 0 amide bonds. The molecule has 0 fully saturated rings. The van der Waals surface area contributed by atoms with E-state index in [-0.39, 0.29) is 0 Å². The van der Waals surface area contributed by atoms with Gasteiger partial charge in [-0.3, -0.25) is 0 Å². The maximum atomic E-state index is 5.92. The van der Waals surface area contributed by atoms with Crippen LogP contribution in [0.1, 0.15) is 29.2 Å². The molecule has 2 nitrogen and oxygen atoms in total. The highest BCUT2D eigenvalue weighted by atomic mass is 16.5. The molecule has 0 radical (unpaired) electrons. The van der Waals surface area contributed by atoms with Crippen molar-refractivity contribution in [1.82, 2.24) is 5.32 Å². The molecule has 0 aliphatic heterocycles. The van der Waals surface area contributed by atoms with Crippen molar-refractivity contribution < 1.29 is 4.74 Å². The van der Waals surface area contributed by atoms with E-state index < -0.39 is 0 Å². The molecular formula is C19H25NO. The summed E-state index contributed by atoms with van der Waals surface area (Å²) in [6.07, 6.45) is 1.04. The molecule has 0 spiro atoms. The fraction of sp³-hybridized carbons (Fsp3) is 0.368. The molecule has 21 heavy (non-hydrogen) atoms. The van der Waals surface area contributed by atoms with Crippen LogP contribution in [-0.4, -0.2) is 13.1 Å². The van der Waals surface area contributed by atoms with Gasteiger partial charge in [0.1, 0.15) is 12.4 Å². The Hall–Kier alpha value is -1.80. The van der Waals surface area contributed by atoms with Crippen LogP contribution < -0.4 is 10.1 Å². The Morgan fingerprint density at radius 3 is 2.19 bits per heavy atom. The summed E-state index contributed by atoms with van der Waals surface area (Å²) in [5.74, 6) is 0.929. The molecule has 1 N–H and O–H groups in total. The molecule has 0 saturated carbocycles. The molecule has 0 aromatic heterocycles. The third-order valence-corrected chi connectivity index (χ3v) is 3.99. The summed E-state index contributed by atoms with van der Waals surface area (Å²) in [6, 6.07) is 15.3. The van der Waals surface area contributed by atoms with Crippen LogP contribution >= 0.6 is 0 Å². The third-order valence-electron chi connectivity index (χ3n) is 3.99. The molecule has 2 aromatic carbocycles. The van der Waals surface area contributed by atoms with Gasteiger partial charge in [-0.1, -0.05) is 30.3 Å². The van der Waals surface area contributed by atoms with Gasteiger partial charge in [-0.05, 0) is 68.6 Å². The quantitative estimate of drug-likeness (QED) is 0.864. The Morgan fingerprint density at radius 2 is 1.62 bits per heavy atom. The molecule has 0 aliphatic rings. The Kier molecular flexibility index (Phi) is 5.40. The van der Waals surface area contributed by atoms with Crippen LogP contribution in [-0.2, 0) is 13.0 Å². The predicted octanol–water partition coefficient (Wildman–Crippen LogP) is 4.03. The smallest absolute Gasteiger partial charge is 0.119 e. The van der Waals surface area contributed by atoms with Crippen molar-refractivity contribution in [3.63, 3.8) is 0 Å². The Balaban J connectivity index is 1.98. The fourth-order valence-corrected chi connectivity index (χ4v) is 2.41. The monoisotopic (exact) mass is 283 g/mol. The number of hydrogen-bond acceptors (Lipinski definition) is 2. The maximum Gasteiger partial charge on any atom is 0.119 e. The molecule has 0 aliphatic carbocycles. The van der Waals surface area contributed by atoms with Gasteiger partial charge in [0.05, 0.1) is 0 Å². The minimum Gasteiger partial charge on any atom is -0.489 e. The summed E-state index contributed by atoms with van der Waals surface area (Å²) >= 11 is 0. The van der Waals surface area contributed by atoms with Crippen LogP contribution in [0.25, 0.3) is 0 Å². The lowest BCUT2D eigenvalue weighted by molar-refractivity contribution is 0.304. The van der Waals surface area contributed by atoms with Crippen LogP contribution in [0.5, 0.6) is 5.75 Å². The maximum absolute atomic E-state index is 5.92. The number of rotatable bonds is 6. The zero-order valence-corrected chi connectivity index (χ0v) is 13.4. The van der Waals surface area contributed by atoms with Gasteiger partial charge in [0.15, 0.2) is 0 Å². The van der Waals surface area contributed by atoms with Crippen molar-refractivity contribution in [3.8, 4) is 5.75 Å². The standard InChI is InChI=1S/C19H25NO/c1-14-6-5-7-15(2)19(14)13-21-18-10-8-17(9-11-18)12-16(3)20-4/h5-11,16,20H,12-13H2,1-4H3. The number of ether oxygens (including phenoxy) is 1. The highest BCUT2D eigenvalue weighted by Gasteiger charge is 2.04. The van der Waals surface area contributed by atoms with Crippen molar-refractivity contribution in [2.45, 2.75) is 39.8 Å². The average Bonchev–Trinajstić information content (AvgIpc) is 2.48. The van der Waals surface area contributed by atoms with Gasteiger partial charge in [-0.15, -0.1) is 0 Å². The SMILES string of the molecule is CNC(C)Cc1ccc(OCc2c(C)cccc2C)cc1. The van der Waals surface area contributed by atoms with E-state index in [2.05, 4.69) is 68.6 Å². The zero-order valence-electron chi connectivity index (χ0n) is 13.4. The summed E-state index contributed by atoms with van der Waals surface area (Å²) in [7, 11) is 1.99. The largest absolute Gasteiger partial charge is 0.489 e. The predicted molar refractivity (Wildman–Crippen MR) is 88.9 cm³/mol. The molecule has 2 aromatic rings. The molecule has 0 saturated heterocycles. The lowest BCUT2D eigenvalue weighted by Crippen LogP contribution is -2.23. The fourth-order valence-electron chi connectivity index (χ4n) is 2.41. The third kappa shape index (κ3) is 4.33. The van der Waals surface area contributed by atoms with Gasteiger partial charge in [0, 0.05) is 6.04 Å². The van der Waals surface area contributed by atoms with E-state index in [0.29, 0.717) is 12.6 Å². The van der Waals surface area contributed by atoms with Crippen LogP contribution in [0.15, 0.2) is 42.5 Å². The van der Waals surface area contributed by atoms with Gasteiger partial charge < -0.3 is 10.1 Å². The summed E-state index contributed by atoms with van der Waals surface area (Å²) in [4.78, 5) is 0. The van der Waals surface area contributed by atoms with Gasteiger partial charge in [0.25, 0.3) is 0 Å². The van der Waals surface area contributed by atoms with Crippen molar-refractivity contribution in [3.05, 3.63) is 64.7 Å². The van der Waals surface area contributed by atoms with E-state index in [9.17, 15) is 0 Å². The van der Waals surface area contributed by atoms with Crippen LogP contribution in [0.2, 0.25) is 0 Å². The highest BCUT2D eigenvalue weighted by molar-refractivity contribution is 5.34. The normalized spacial score (nSPS) is 12.2. The first-order chi connectivity index (χ1) is 10.1. The second kappa shape index (κ2) is 7.28. The highest BCUT2D eigenvalue weighted by Crippen LogP contribution is 2.18. The lowest BCUT2D eigenvalue weighted by Gasteiger charge is -2.13. The van der Waals surface area contributed by atoms with Crippen LogP contribution in [0.4, 0.5) is 0 Å². The number of benzene rings is 2. The number of likely N-dealkylation sites (N-methyl/N-ethyl adjacent to an activating group) is 1. The van der Waals surface area contributed by atoms with E-state index in [1.807, 2.05) is 7.05 Å². The number of aryl methyl sites for hydroxylation is 2. The van der Waals surface area contributed by atoms with Gasteiger partial charge in [-0.25, -0.2) is 0 Å². The number of hydrogen-bond donors (Lipinski definition) is 1. The molecule has 0 bridgehead atoms. The first-order valence-corrected chi connectivity index (χ1v) is 7.54. The minimum absolute atomic E-state index is 0.492. The van der Waals surface area contributed by atoms with Gasteiger partial charge in [-0.2, -0.15) is 0 Å². The molecular weight excluding hydrogens is 258 g/mol.